The molecule has 1 aliphatic rings. The predicted octanol–water partition coefficient (Wildman–Crippen LogP) is 4.80. The van der Waals surface area contributed by atoms with Crippen molar-refractivity contribution >= 4 is 28.4 Å². The average molecular weight is 488 g/mol. The third-order valence-electron chi connectivity index (χ3n) is 7.22. The summed E-state index contributed by atoms with van der Waals surface area (Å²) in [6, 6.07) is 7.99. The quantitative estimate of drug-likeness (QED) is 0.415. The minimum atomic E-state index is -0.0891. The van der Waals surface area contributed by atoms with Crippen molar-refractivity contribution in [2.75, 3.05) is 37.5 Å². The molecule has 0 saturated carbocycles. The van der Waals surface area contributed by atoms with Crippen molar-refractivity contribution in [2.24, 2.45) is 7.05 Å². The van der Waals surface area contributed by atoms with E-state index in [9.17, 15) is 0 Å². The molecule has 9 heteroatoms. The highest BCUT2D eigenvalue weighted by Crippen LogP contribution is 2.34. The van der Waals surface area contributed by atoms with Crippen LogP contribution in [0, 0.1) is 13.8 Å². The molecule has 0 radical (unpaired) electrons. The number of anilines is 3. The monoisotopic (exact) mass is 487 g/mol. The lowest BCUT2D eigenvalue weighted by molar-refractivity contribution is -0.0133. The van der Waals surface area contributed by atoms with E-state index >= 15 is 0 Å². The third kappa shape index (κ3) is 4.46. The van der Waals surface area contributed by atoms with Crippen LogP contribution in [-0.4, -0.2) is 57.4 Å². The molecule has 9 nitrogen and oxygen atoms in total. The van der Waals surface area contributed by atoms with E-state index in [0.717, 1.165) is 71.1 Å². The Labute approximate surface area is 211 Å². The number of pyridine rings is 1. The Morgan fingerprint density at radius 1 is 1.00 bits per heavy atom. The number of rotatable bonds is 6. The van der Waals surface area contributed by atoms with E-state index in [0.29, 0.717) is 11.7 Å². The summed E-state index contributed by atoms with van der Waals surface area (Å²) in [5.41, 5.74) is 4.54. The van der Waals surface area contributed by atoms with Crippen LogP contribution < -0.4 is 15.0 Å². The van der Waals surface area contributed by atoms with Gasteiger partial charge in [0.25, 0.3) is 0 Å². The molecule has 3 aromatic heterocycles. The molecule has 5 rings (SSSR count). The Morgan fingerprint density at radius 2 is 1.78 bits per heavy atom. The van der Waals surface area contributed by atoms with Gasteiger partial charge in [-0.1, -0.05) is 0 Å². The van der Waals surface area contributed by atoms with Crippen molar-refractivity contribution in [2.45, 2.75) is 39.2 Å². The Hall–Kier alpha value is -3.72. The predicted molar refractivity (Wildman–Crippen MR) is 142 cm³/mol. The summed E-state index contributed by atoms with van der Waals surface area (Å²) >= 11 is 0. The SMILES string of the molecule is COc1cc(-c2ncc(C)n2C)ccc1Nc1ncc2cc(C)nc(N3CCC(C)(OC)CC3)c2n1. The smallest absolute Gasteiger partial charge is 0.227 e. The van der Waals surface area contributed by atoms with Crippen LogP contribution in [0.5, 0.6) is 5.75 Å². The van der Waals surface area contributed by atoms with Gasteiger partial charge in [0.1, 0.15) is 17.1 Å². The van der Waals surface area contributed by atoms with Gasteiger partial charge in [-0.25, -0.2) is 19.9 Å². The summed E-state index contributed by atoms with van der Waals surface area (Å²) in [5.74, 6) is 2.96. The van der Waals surface area contributed by atoms with Crippen molar-refractivity contribution in [1.29, 1.82) is 0 Å². The zero-order valence-electron chi connectivity index (χ0n) is 21.8. The van der Waals surface area contributed by atoms with Crippen LogP contribution in [0.15, 0.2) is 36.7 Å². The third-order valence-corrected chi connectivity index (χ3v) is 7.22. The standard InChI is InChI=1S/C27H33N7O2/c1-17-13-20-16-29-26(32-23(20)25(30-17)34-11-9-27(3,36-6)10-12-34)31-21-8-7-19(14-22(21)35-5)24-28-15-18(2)33(24)4/h7-8,13-16H,9-12H2,1-6H3,(H,29,31,32). The molecule has 0 aliphatic carbocycles. The van der Waals surface area contributed by atoms with Crippen LogP contribution in [0.1, 0.15) is 31.2 Å². The van der Waals surface area contributed by atoms with Gasteiger partial charge in [-0.05, 0) is 57.9 Å². The molecule has 0 unspecified atom stereocenters. The zero-order chi connectivity index (χ0) is 25.4. The van der Waals surface area contributed by atoms with Gasteiger partial charge in [0.2, 0.25) is 5.95 Å². The molecular formula is C27H33N7O2. The van der Waals surface area contributed by atoms with Gasteiger partial charge in [-0.15, -0.1) is 0 Å². The van der Waals surface area contributed by atoms with Gasteiger partial charge in [0.15, 0.2) is 5.82 Å². The highest BCUT2D eigenvalue weighted by Gasteiger charge is 2.31. The van der Waals surface area contributed by atoms with E-state index in [2.05, 4.69) is 31.7 Å². The first-order chi connectivity index (χ1) is 17.3. The molecule has 0 spiro atoms. The molecule has 188 valence electrons. The van der Waals surface area contributed by atoms with Gasteiger partial charge in [0.05, 0.1) is 18.4 Å². The minimum Gasteiger partial charge on any atom is -0.495 e. The number of ether oxygens (including phenoxy) is 2. The summed E-state index contributed by atoms with van der Waals surface area (Å²) in [6.45, 7) is 7.94. The molecule has 0 atom stereocenters. The van der Waals surface area contributed by atoms with Crippen LogP contribution in [-0.2, 0) is 11.8 Å². The van der Waals surface area contributed by atoms with E-state index < -0.39 is 0 Å². The van der Waals surface area contributed by atoms with Crippen molar-refractivity contribution in [3.05, 3.63) is 48.0 Å². The molecule has 1 aliphatic heterocycles. The zero-order valence-corrected chi connectivity index (χ0v) is 21.8. The fourth-order valence-corrected chi connectivity index (χ4v) is 4.65. The van der Waals surface area contributed by atoms with Crippen molar-refractivity contribution in [3.8, 4) is 17.1 Å². The largest absolute Gasteiger partial charge is 0.495 e. The highest BCUT2D eigenvalue weighted by atomic mass is 16.5. The van der Waals surface area contributed by atoms with Crippen molar-refractivity contribution in [1.82, 2.24) is 24.5 Å². The van der Waals surface area contributed by atoms with Crippen molar-refractivity contribution < 1.29 is 9.47 Å². The molecule has 4 aromatic rings. The van der Waals surface area contributed by atoms with Crippen LogP contribution in [0.4, 0.5) is 17.5 Å². The van der Waals surface area contributed by atoms with E-state index in [1.165, 1.54) is 0 Å². The number of imidazole rings is 1. The van der Waals surface area contributed by atoms with Crippen LogP contribution in [0.3, 0.4) is 0 Å². The molecule has 0 amide bonds. The number of aryl methyl sites for hydroxylation is 2. The first-order valence-electron chi connectivity index (χ1n) is 12.2. The Balaban J connectivity index is 1.46. The van der Waals surface area contributed by atoms with Crippen molar-refractivity contribution in [3.63, 3.8) is 0 Å². The second kappa shape index (κ2) is 9.39. The molecule has 4 heterocycles. The maximum atomic E-state index is 5.73. The number of nitrogens with one attached hydrogen (secondary N) is 1. The van der Waals surface area contributed by atoms with Crippen LogP contribution in [0.2, 0.25) is 0 Å². The number of benzene rings is 1. The van der Waals surface area contributed by atoms with E-state index in [-0.39, 0.29) is 5.60 Å². The number of aromatic nitrogens is 5. The summed E-state index contributed by atoms with van der Waals surface area (Å²) < 4.78 is 13.5. The number of methoxy groups -OCH3 is 2. The molecule has 1 fully saturated rings. The van der Waals surface area contributed by atoms with Gasteiger partial charge in [-0.3, -0.25) is 0 Å². The number of piperidine rings is 1. The van der Waals surface area contributed by atoms with Gasteiger partial charge < -0.3 is 24.3 Å². The van der Waals surface area contributed by atoms with E-state index in [1.807, 2.05) is 57.6 Å². The number of fused-ring (bicyclic) bond motifs is 1. The maximum absolute atomic E-state index is 5.73. The molecule has 0 bridgehead atoms. The second-order valence-electron chi connectivity index (χ2n) is 9.68. The molecular weight excluding hydrogens is 454 g/mol. The van der Waals surface area contributed by atoms with Crippen LogP contribution >= 0.6 is 0 Å². The summed E-state index contributed by atoms with van der Waals surface area (Å²) in [4.78, 5) is 21.2. The highest BCUT2D eigenvalue weighted by molar-refractivity contribution is 5.89. The number of nitrogens with zero attached hydrogens (tertiary/aromatic N) is 6. The van der Waals surface area contributed by atoms with Crippen LogP contribution in [0.25, 0.3) is 22.3 Å². The molecule has 1 saturated heterocycles. The van der Waals surface area contributed by atoms with Gasteiger partial charge in [-0.2, -0.15) is 0 Å². The van der Waals surface area contributed by atoms with E-state index in [1.54, 1.807) is 14.2 Å². The molecule has 1 aromatic carbocycles. The van der Waals surface area contributed by atoms with Gasteiger partial charge in [0, 0.05) is 62.0 Å². The fourth-order valence-electron chi connectivity index (χ4n) is 4.65. The summed E-state index contributed by atoms with van der Waals surface area (Å²) in [7, 11) is 5.45. The number of hydrogen-bond donors (Lipinski definition) is 1. The molecule has 36 heavy (non-hydrogen) atoms. The average Bonchev–Trinajstić information content (AvgIpc) is 3.22. The first-order valence-corrected chi connectivity index (χ1v) is 12.2. The lowest BCUT2D eigenvalue weighted by Crippen LogP contribution is -2.44. The molecule has 1 N–H and O–H groups in total. The minimum absolute atomic E-state index is 0.0891. The Kier molecular flexibility index (Phi) is 6.26. The lowest BCUT2D eigenvalue weighted by atomic mass is 9.93. The summed E-state index contributed by atoms with van der Waals surface area (Å²) in [5, 5.41) is 4.31. The Morgan fingerprint density at radius 3 is 2.44 bits per heavy atom. The fraction of sp³-hybridized carbons (Fsp3) is 0.407. The normalized spacial score (nSPS) is 15.3. The Bertz CT molecular complexity index is 1410. The summed E-state index contributed by atoms with van der Waals surface area (Å²) in [6.07, 6.45) is 5.59. The topological polar surface area (TPSA) is 90.2 Å². The maximum Gasteiger partial charge on any atom is 0.227 e. The lowest BCUT2D eigenvalue weighted by Gasteiger charge is -2.39. The number of hydrogen-bond acceptors (Lipinski definition) is 8. The van der Waals surface area contributed by atoms with E-state index in [4.69, 9.17) is 19.4 Å². The second-order valence-corrected chi connectivity index (χ2v) is 9.68. The first kappa shape index (κ1) is 24.0. The van der Waals surface area contributed by atoms with Gasteiger partial charge >= 0.3 is 0 Å².